The number of anilines is 1. The van der Waals surface area contributed by atoms with Gasteiger partial charge in [0.15, 0.2) is 0 Å². The third kappa shape index (κ3) is 4.83. The van der Waals surface area contributed by atoms with Gasteiger partial charge in [-0.05, 0) is 18.1 Å². The van der Waals surface area contributed by atoms with E-state index < -0.39 is 77.8 Å². The van der Waals surface area contributed by atoms with E-state index in [-0.39, 0.29) is 12.6 Å². The van der Waals surface area contributed by atoms with Gasteiger partial charge in [-0.3, -0.25) is 9.48 Å². The molecule has 0 spiro atoms. The largest absolute Gasteiger partial charge is 0.477 e. The van der Waals surface area contributed by atoms with E-state index in [4.69, 9.17) is 5.11 Å². The van der Waals surface area contributed by atoms with Crippen molar-refractivity contribution >= 4 is 17.6 Å². The molecule has 7 nitrogen and oxygen atoms in total. The third-order valence-corrected chi connectivity index (χ3v) is 4.71. The number of carboxylic acid groups (broad SMARTS) is 1. The van der Waals surface area contributed by atoms with Crippen molar-refractivity contribution in [1.29, 1.82) is 0 Å². The second-order valence-electron chi connectivity index (χ2n) is 7.46. The second kappa shape index (κ2) is 7.74. The molecule has 3 rings (SSSR count). The number of rotatable bonds is 6. The first kappa shape index (κ1) is 23.5. The molecule has 2 N–H and O–H groups in total. The van der Waals surface area contributed by atoms with Gasteiger partial charge in [0, 0.05) is 38.2 Å². The van der Waals surface area contributed by atoms with Crippen LogP contribution in [-0.2, 0) is 18.6 Å². The second-order valence-corrected chi connectivity index (χ2v) is 7.46. The van der Waals surface area contributed by atoms with Crippen molar-refractivity contribution in [2.75, 3.05) is 5.32 Å². The molecule has 0 atom stereocenters. The molecule has 1 aliphatic rings. The Hall–Kier alpha value is -3.19. The van der Waals surface area contributed by atoms with Gasteiger partial charge in [0.1, 0.15) is 22.6 Å². The van der Waals surface area contributed by atoms with Gasteiger partial charge in [0.25, 0.3) is 11.8 Å². The Labute approximate surface area is 175 Å². The number of aromatic carboxylic acids is 1. The Bertz CT molecular complexity index is 1050. The number of aromatic nitrogens is 3. The van der Waals surface area contributed by atoms with Crippen LogP contribution in [0.5, 0.6) is 0 Å². The monoisotopic (exact) mass is 468 g/mol. The Morgan fingerprint density at radius 2 is 1.88 bits per heavy atom. The lowest BCUT2D eigenvalue weighted by molar-refractivity contribution is -0.142. The lowest BCUT2D eigenvalue weighted by atomic mass is 9.81. The molecular weight excluding hydrogens is 453 g/mol. The summed E-state index contributed by atoms with van der Waals surface area (Å²) in [7, 11) is 0. The molecule has 0 aromatic carbocycles. The molecule has 0 unspecified atom stereocenters. The van der Waals surface area contributed by atoms with E-state index in [2.05, 4.69) is 10.1 Å². The summed E-state index contributed by atoms with van der Waals surface area (Å²) in [6.45, 7) is -0.454. The maximum absolute atomic E-state index is 13.9. The highest BCUT2D eigenvalue weighted by atomic mass is 19.4. The van der Waals surface area contributed by atoms with E-state index in [1.54, 1.807) is 0 Å². The smallest absolute Gasteiger partial charge is 0.420 e. The van der Waals surface area contributed by atoms with Gasteiger partial charge in [-0.1, -0.05) is 0 Å². The van der Waals surface area contributed by atoms with Crippen LogP contribution in [-0.4, -0.2) is 37.7 Å². The van der Waals surface area contributed by atoms with Crippen molar-refractivity contribution in [3.63, 3.8) is 0 Å². The predicted molar refractivity (Wildman–Crippen MR) is 93.6 cm³/mol. The number of carbonyl (C=O) groups excluding carboxylic acids is 1. The summed E-state index contributed by atoms with van der Waals surface area (Å²) in [4.78, 5) is 27.2. The Morgan fingerprint density at radius 1 is 1.25 bits per heavy atom. The fraction of sp³-hybridized carbons (Fsp3) is 0.444. The molecule has 1 amide bonds. The van der Waals surface area contributed by atoms with Crippen LogP contribution < -0.4 is 5.32 Å². The number of carbonyl (C=O) groups is 2. The van der Waals surface area contributed by atoms with Gasteiger partial charge in [-0.25, -0.2) is 18.6 Å². The van der Waals surface area contributed by atoms with E-state index in [9.17, 15) is 40.3 Å². The number of alkyl halides is 7. The first-order chi connectivity index (χ1) is 14.6. The maximum atomic E-state index is 13.9. The Morgan fingerprint density at radius 3 is 2.38 bits per heavy atom. The number of nitrogens with zero attached hydrogens (tertiary/aromatic N) is 3. The molecule has 2 heterocycles. The number of halogens is 7. The van der Waals surface area contributed by atoms with Crippen LogP contribution in [0, 0.1) is 5.92 Å². The molecule has 1 fully saturated rings. The van der Waals surface area contributed by atoms with Crippen molar-refractivity contribution in [3.8, 4) is 0 Å². The molecule has 2 aromatic rings. The number of carboxylic acids is 1. The number of pyridine rings is 1. The fourth-order valence-electron chi connectivity index (χ4n) is 3.37. The van der Waals surface area contributed by atoms with Crippen LogP contribution in [0.25, 0.3) is 0 Å². The van der Waals surface area contributed by atoms with Crippen molar-refractivity contribution in [2.45, 2.75) is 44.3 Å². The molecule has 174 valence electrons. The van der Waals surface area contributed by atoms with Crippen LogP contribution >= 0.6 is 0 Å². The summed E-state index contributed by atoms with van der Waals surface area (Å²) in [5.41, 5.74) is -5.82. The number of nitrogens with one attached hydrogen (secondary N) is 1. The van der Waals surface area contributed by atoms with Crippen LogP contribution in [0.1, 0.15) is 52.0 Å². The highest BCUT2D eigenvalue weighted by molar-refractivity contribution is 6.04. The molecule has 14 heteroatoms. The lowest BCUT2D eigenvalue weighted by Crippen LogP contribution is -2.38. The zero-order valence-electron chi connectivity index (χ0n) is 16.2. The van der Waals surface area contributed by atoms with Gasteiger partial charge in [0.05, 0.1) is 0 Å². The molecular formula is C18H15F7N4O3. The zero-order chi connectivity index (χ0) is 24.1. The summed E-state index contributed by atoms with van der Waals surface area (Å²) in [6, 6.07) is 1.91. The molecule has 0 saturated heterocycles. The van der Waals surface area contributed by atoms with Crippen LogP contribution in [0.15, 0.2) is 18.3 Å². The van der Waals surface area contributed by atoms with Gasteiger partial charge in [-0.15, -0.1) is 0 Å². The summed E-state index contributed by atoms with van der Waals surface area (Å²) in [5, 5.41) is 14.2. The molecule has 1 saturated carbocycles. The zero-order valence-corrected chi connectivity index (χ0v) is 16.2. The average Bonchev–Trinajstić information content (AvgIpc) is 3.00. The normalized spacial score (nSPS) is 16.5. The minimum absolute atomic E-state index is 0.163. The maximum Gasteiger partial charge on any atom is 0.420 e. The summed E-state index contributed by atoms with van der Waals surface area (Å²) in [5.74, 6) is -11.0. The quantitative estimate of drug-likeness (QED) is 0.613. The highest BCUT2D eigenvalue weighted by Gasteiger charge is 2.50. The number of hydrogen-bond acceptors (Lipinski definition) is 4. The summed E-state index contributed by atoms with van der Waals surface area (Å²) >= 11 is 0. The fourth-order valence-corrected chi connectivity index (χ4v) is 3.37. The molecule has 0 aliphatic heterocycles. The van der Waals surface area contributed by atoms with Crippen LogP contribution in [0.3, 0.4) is 0 Å². The minimum atomic E-state index is -5.42. The van der Waals surface area contributed by atoms with E-state index in [0.29, 0.717) is 4.68 Å². The molecule has 1 aliphatic carbocycles. The standard InChI is InChI=1S/C18H15F7N4O3/c1-16(19,20)13-11(18(23,24)25)12(29(28-13)7-8-5-17(21,22)6-8)14(30)27-9-2-3-26-10(4-9)15(31)32/h2-4,8H,5-7H2,1H3,(H,31,32)(H,26,27,30). The van der Waals surface area contributed by atoms with Crippen LogP contribution in [0.2, 0.25) is 0 Å². The van der Waals surface area contributed by atoms with Crippen molar-refractivity contribution in [3.05, 3.63) is 41.0 Å². The SMILES string of the molecule is CC(F)(F)c1nn(CC2CC(F)(F)C2)c(C(=O)Nc2ccnc(C(=O)O)c2)c1C(F)(F)F. The van der Waals surface area contributed by atoms with Crippen molar-refractivity contribution in [2.24, 2.45) is 5.92 Å². The van der Waals surface area contributed by atoms with Gasteiger partial charge in [-0.2, -0.15) is 27.1 Å². The first-order valence-corrected chi connectivity index (χ1v) is 9.03. The van der Waals surface area contributed by atoms with Gasteiger partial charge >= 0.3 is 12.1 Å². The summed E-state index contributed by atoms with van der Waals surface area (Å²) in [6.07, 6.45) is -5.85. The predicted octanol–water partition coefficient (Wildman–Crippen LogP) is 4.40. The number of amides is 1. The first-order valence-electron chi connectivity index (χ1n) is 9.03. The molecule has 32 heavy (non-hydrogen) atoms. The van der Waals surface area contributed by atoms with E-state index >= 15 is 0 Å². The van der Waals surface area contributed by atoms with Crippen LogP contribution in [0.4, 0.5) is 36.4 Å². The van der Waals surface area contributed by atoms with Gasteiger partial charge < -0.3 is 10.4 Å². The highest BCUT2D eigenvalue weighted by Crippen LogP contribution is 2.45. The van der Waals surface area contributed by atoms with E-state index in [1.165, 1.54) is 0 Å². The van der Waals surface area contributed by atoms with Crippen molar-refractivity contribution < 1.29 is 45.4 Å². The van der Waals surface area contributed by atoms with Gasteiger partial charge in [0.2, 0.25) is 5.92 Å². The summed E-state index contributed by atoms with van der Waals surface area (Å²) < 4.78 is 95.6. The lowest BCUT2D eigenvalue weighted by Gasteiger charge is -2.35. The Kier molecular flexibility index (Phi) is 5.68. The Balaban J connectivity index is 2.06. The molecule has 2 aromatic heterocycles. The average molecular weight is 468 g/mol. The number of hydrogen-bond donors (Lipinski definition) is 2. The topological polar surface area (TPSA) is 97.1 Å². The molecule has 0 bridgehead atoms. The minimum Gasteiger partial charge on any atom is -0.477 e. The van der Waals surface area contributed by atoms with E-state index in [0.717, 1.165) is 18.3 Å². The molecule has 0 radical (unpaired) electrons. The van der Waals surface area contributed by atoms with Crippen molar-refractivity contribution in [1.82, 2.24) is 14.8 Å². The van der Waals surface area contributed by atoms with E-state index in [1.807, 2.05) is 5.32 Å². The third-order valence-electron chi connectivity index (χ3n) is 4.71.